The van der Waals surface area contributed by atoms with E-state index in [-0.39, 0.29) is 0 Å². The summed E-state index contributed by atoms with van der Waals surface area (Å²) in [5.41, 5.74) is 1.21. The maximum absolute atomic E-state index is 5.36. The molecule has 0 amide bonds. The predicted octanol–water partition coefficient (Wildman–Crippen LogP) is 2.61. The molecule has 0 saturated carbocycles. The van der Waals surface area contributed by atoms with Gasteiger partial charge in [-0.2, -0.15) is 0 Å². The lowest BCUT2D eigenvalue weighted by molar-refractivity contribution is 0.326. The van der Waals surface area contributed by atoms with Crippen LogP contribution in [0.2, 0.25) is 0 Å². The van der Waals surface area contributed by atoms with E-state index in [2.05, 4.69) is 31.1 Å². The molecule has 0 bridgehead atoms. The number of hydrogen-bond donors (Lipinski definition) is 1. The third-order valence-corrected chi connectivity index (χ3v) is 2.72. The van der Waals surface area contributed by atoms with Gasteiger partial charge in [0.15, 0.2) is 0 Å². The van der Waals surface area contributed by atoms with Crippen molar-refractivity contribution in [2.24, 2.45) is 5.92 Å². The third-order valence-electron chi connectivity index (χ3n) is 2.72. The number of nitrogens with one attached hydrogen (secondary N) is 1. The standard InChI is InChI=1S/C13H22N2O/c1-5-16-13-8-12(6-7-14-13)9-15-11(4)10(2)3/h6-8,10-11,15H,5,9H2,1-4H3. The Hall–Kier alpha value is -1.09. The lowest BCUT2D eigenvalue weighted by atomic mass is 10.1. The van der Waals surface area contributed by atoms with E-state index < -0.39 is 0 Å². The first-order valence-corrected chi connectivity index (χ1v) is 5.94. The van der Waals surface area contributed by atoms with Gasteiger partial charge in [0.25, 0.3) is 0 Å². The van der Waals surface area contributed by atoms with E-state index in [9.17, 15) is 0 Å². The lowest BCUT2D eigenvalue weighted by Crippen LogP contribution is -2.30. The highest BCUT2D eigenvalue weighted by molar-refractivity contribution is 5.20. The van der Waals surface area contributed by atoms with Crippen molar-refractivity contribution in [3.63, 3.8) is 0 Å². The fourth-order valence-electron chi connectivity index (χ4n) is 1.30. The summed E-state index contributed by atoms with van der Waals surface area (Å²) in [7, 11) is 0. The Bertz CT molecular complexity index is 313. The fraction of sp³-hybridized carbons (Fsp3) is 0.615. The Labute approximate surface area is 98.2 Å². The highest BCUT2D eigenvalue weighted by Crippen LogP contribution is 2.10. The quantitative estimate of drug-likeness (QED) is 0.803. The van der Waals surface area contributed by atoms with Crippen LogP contribution < -0.4 is 10.1 Å². The molecule has 16 heavy (non-hydrogen) atoms. The molecule has 1 unspecified atom stereocenters. The van der Waals surface area contributed by atoms with Crippen molar-refractivity contribution in [1.82, 2.24) is 10.3 Å². The van der Waals surface area contributed by atoms with Gasteiger partial charge in [0, 0.05) is 24.8 Å². The highest BCUT2D eigenvalue weighted by atomic mass is 16.5. The van der Waals surface area contributed by atoms with Crippen molar-refractivity contribution >= 4 is 0 Å². The number of aromatic nitrogens is 1. The van der Waals surface area contributed by atoms with E-state index in [1.165, 1.54) is 5.56 Å². The topological polar surface area (TPSA) is 34.1 Å². The monoisotopic (exact) mass is 222 g/mol. The number of hydrogen-bond acceptors (Lipinski definition) is 3. The van der Waals surface area contributed by atoms with E-state index in [4.69, 9.17) is 4.74 Å². The Morgan fingerprint density at radius 2 is 2.12 bits per heavy atom. The first-order valence-electron chi connectivity index (χ1n) is 5.94. The largest absolute Gasteiger partial charge is 0.478 e. The average molecular weight is 222 g/mol. The first kappa shape index (κ1) is 13.0. The van der Waals surface area contributed by atoms with Crippen LogP contribution in [-0.4, -0.2) is 17.6 Å². The summed E-state index contributed by atoms with van der Waals surface area (Å²) < 4.78 is 5.36. The zero-order chi connectivity index (χ0) is 12.0. The lowest BCUT2D eigenvalue weighted by Gasteiger charge is -2.17. The van der Waals surface area contributed by atoms with Gasteiger partial charge in [0.05, 0.1) is 6.61 Å². The van der Waals surface area contributed by atoms with E-state index in [0.29, 0.717) is 24.4 Å². The molecular weight excluding hydrogens is 200 g/mol. The van der Waals surface area contributed by atoms with Gasteiger partial charge < -0.3 is 10.1 Å². The minimum Gasteiger partial charge on any atom is -0.478 e. The molecule has 0 aliphatic rings. The Morgan fingerprint density at radius 1 is 1.38 bits per heavy atom. The predicted molar refractivity (Wildman–Crippen MR) is 66.5 cm³/mol. The number of rotatable bonds is 6. The fourth-order valence-corrected chi connectivity index (χ4v) is 1.30. The van der Waals surface area contributed by atoms with E-state index in [1.807, 2.05) is 19.1 Å². The maximum atomic E-state index is 5.36. The number of nitrogens with zero attached hydrogens (tertiary/aromatic N) is 1. The molecule has 0 aromatic carbocycles. The number of ether oxygens (including phenoxy) is 1. The second kappa shape index (κ2) is 6.48. The number of pyridine rings is 1. The smallest absolute Gasteiger partial charge is 0.213 e. The summed E-state index contributed by atoms with van der Waals surface area (Å²) in [5, 5.41) is 3.48. The van der Waals surface area contributed by atoms with Crippen LogP contribution in [0, 0.1) is 5.92 Å². The van der Waals surface area contributed by atoms with Gasteiger partial charge in [-0.25, -0.2) is 4.98 Å². The van der Waals surface area contributed by atoms with Crippen LogP contribution >= 0.6 is 0 Å². The summed E-state index contributed by atoms with van der Waals surface area (Å²) >= 11 is 0. The molecule has 0 fully saturated rings. The van der Waals surface area contributed by atoms with Crippen LogP contribution in [0.4, 0.5) is 0 Å². The van der Waals surface area contributed by atoms with E-state index >= 15 is 0 Å². The third kappa shape index (κ3) is 4.19. The molecular formula is C13H22N2O. The zero-order valence-electron chi connectivity index (χ0n) is 10.7. The summed E-state index contributed by atoms with van der Waals surface area (Å²) in [6.45, 7) is 10.1. The van der Waals surface area contributed by atoms with Crippen molar-refractivity contribution in [3.05, 3.63) is 23.9 Å². The van der Waals surface area contributed by atoms with Gasteiger partial charge in [0.1, 0.15) is 0 Å². The maximum Gasteiger partial charge on any atom is 0.213 e. The van der Waals surface area contributed by atoms with E-state index in [1.54, 1.807) is 6.20 Å². The molecule has 0 saturated heterocycles. The van der Waals surface area contributed by atoms with Gasteiger partial charge in [-0.3, -0.25) is 0 Å². The SMILES string of the molecule is CCOc1cc(CNC(C)C(C)C)ccn1. The molecule has 1 heterocycles. The van der Waals surface area contributed by atoms with Crippen LogP contribution in [0.5, 0.6) is 5.88 Å². The molecule has 1 aromatic rings. The molecule has 0 spiro atoms. The molecule has 1 N–H and O–H groups in total. The summed E-state index contributed by atoms with van der Waals surface area (Å²) in [4.78, 5) is 4.14. The van der Waals surface area contributed by atoms with Crippen molar-refractivity contribution in [2.75, 3.05) is 6.61 Å². The first-order chi connectivity index (χ1) is 7.63. The van der Waals surface area contributed by atoms with E-state index in [0.717, 1.165) is 6.54 Å². The normalized spacial score (nSPS) is 12.8. The van der Waals surface area contributed by atoms with Crippen LogP contribution in [0.15, 0.2) is 18.3 Å². The van der Waals surface area contributed by atoms with Gasteiger partial charge in [-0.1, -0.05) is 13.8 Å². The molecule has 3 nitrogen and oxygen atoms in total. The second-order valence-electron chi connectivity index (χ2n) is 4.35. The van der Waals surface area contributed by atoms with Crippen molar-refractivity contribution in [2.45, 2.75) is 40.3 Å². The molecule has 0 radical (unpaired) electrons. The molecule has 1 atom stereocenters. The van der Waals surface area contributed by atoms with Crippen LogP contribution in [0.1, 0.15) is 33.3 Å². The van der Waals surface area contributed by atoms with Gasteiger partial charge in [-0.15, -0.1) is 0 Å². The molecule has 1 aromatic heterocycles. The minimum atomic E-state index is 0.517. The van der Waals surface area contributed by atoms with Crippen molar-refractivity contribution in [1.29, 1.82) is 0 Å². The van der Waals surface area contributed by atoms with Crippen molar-refractivity contribution < 1.29 is 4.74 Å². The molecule has 1 rings (SSSR count). The average Bonchev–Trinajstić information content (AvgIpc) is 2.26. The van der Waals surface area contributed by atoms with Crippen LogP contribution in [0.3, 0.4) is 0 Å². The van der Waals surface area contributed by atoms with Crippen molar-refractivity contribution in [3.8, 4) is 5.88 Å². The minimum absolute atomic E-state index is 0.517. The van der Waals surface area contributed by atoms with Crippen LogP contribution in [0.25, 0.3) is 0 Å². The summed E-state index contributed by atoms with van der Waals surface area (Å²) in [5.74, 6) is 1.35. The van der Waals surface area contributed by atoms with Gasteiger partial charge in [0.2, 0.25) is 5.88 Å². The molecule has 0 aliphatic carbocycles. The Balaban J connectivity index is 2.50. The summed E-state index contributed by atoms with van der Waals surface area (Å²) in [6.07, 6.45) is 1.79. The Kier molecular flexibility index (Phi) is 5.26. The molecule has 90 valence electrons. The zero-order valence-corrected chi connectivity index (χ0v) is 10.7. The van der Waals surface area contributed by atoms with Gasteiger partial charge >= 0.3 is 0 Å². The summed E-state index contributed by atoms with van der Waals surface area (Å²) in [6, 6.07) is 4.52. The second-order valence-corrected chi connectivity index (χ2v) is 4.35. The van der Waals surface area contributed by atoms with Crippen LogP contribution in [-0.2, 0) is 6.54 Å². The molecule has 0 aliphatic heterocycles. The molecule has 3 heteroatoms. The van der Waals surface area contributed by atoms with Gasteiger partial charge in [-0.05, 0) is 31.4 Å². The highest BCUT2D eigenvalue weighted by Gasteiger charge is 2.06. The Morgan fingerprint density at radius 3 is 2.75 bits per heavy atom.